The van der Waals surface area contributed by atoms with Gasteiger partial charge in [-0.05, 0) is 0 Å². The van der Waals surface area contributed by atoms with E-state index >= 15 is 0 Å². The Labute approximate surface area is 92.0 Å². The van der Waals surface area contributed by atoms with E-state index in [1.807, 2.05) is 0 Å². The molecule has 16 heavy (non-hydrogen) atoms. The van der Waals surface area contributed by atoms with E-state index < -0.39 is 49.0 Å². The Bertz CT molecular complexity index is 265. The summed E-state index contributed by atoms with van der Waals surface area (Å²) >= 11 is 0. The molecule has 5 N–H and O–H groups in total. The van der Waals surface area contributed by atoms with Crippen LogP contribution in [-0.4, -0.2) is 56.8 Å². The molecule has 7 heteroatoms. The Morgan fingerprint density at radius 3 is 2.00 bits per heavy atom. The number of aliphatic carboxylic acids is 2. The fourth-order valence-corrected chi connectivity index (χ4v) is 1.43. The van der Waals surface area contributed by atoms with E-state index in [1.54, 1.807) is 0 Å². The predicted molar refractivity (Wildman–Crippen MR) is 51.7 cm³/mol. The van der Waals surface area contributed by atoms with Crippen LogP contribution in [0.1, 0.15) is 13.3 Å². The summed E-state index contributed by atoms with van der Waals surface area (Å²) in [7, 11) is 0. The molecule has 7 nitrogen and oxygen atoms in total. The van der Waals surface area contributed by atoms with Crippen LogP contribution in [0, 0.1) is 11.3 Å². The van der Waals surface area contributed by atoms with Crippen molar-refractivity contribution in [2.75, 3.05) is 13.2 Å². The van der Waals surface area contributed by atoms with Gasteiger partial charge >= 0.3 is 11.9 Å². The summed E-state index contributed by atoms with van der Waals surface area (Å²) in [5, 5.41) is 44.7. The van der Waals surface area contributed by atoms with Crippen LogP contribution >= 0.6 is 0 Å². The van der Waals surface area contributed by atoms with E-state index in [4.69, 9.17) is 20.4 Å². The van der Waals surface area contributed by atoms with E-state index in [0.29, 0.717) is 0 Å². The van der Waals surface area contributed by atoms with Gasteiger partial charge in [-0.2, -0.15) is 0 Å². The average molecular weight is 236 g/mol. The number of hydrogen-bond acceptors (Lipinski definition) is 5. The largest absolute Gasteiger partial charge is 0.481 e. The number of rotatable bonds is 7. The smallest absolute Gasteiger partial charge is 0.307 e. The van der Waals surface area contributed by atoms with E-state index in [-0.39, 0.29) is 0 Å². The lowest BCUT2D eigenvalue weighted by molar-refractivity contribution is -0.161. The molecule has 0 rings (SSSR count). The first-order valence-electron chi connectivity index (χ1n) is 4.64. The average Bonchev–Trinajstić information content (AvgIpc) is 2.23. The molecule has 0 aliphatic rings. The summed E-state index contributed by atoms with van der Waals surface area (Å²) in [6.45, 7) is -0.269. The number of carbonyl (C=O) groups is 2. The zero-order chi connectivity index (χ0) is 12.9. The molecule has 0 radical (unpaired) electrons. The van der Waals surface area contributed by atoms with Crippen molar-refractivity contribution in [2.45, 2.75) is 19.4 Å². The third-order valence-electron chi connectivity index (χ3n) is 2.75. The second-order valence-corrected chi connectivity index (χ2v) is 3.85. The van der Waals surface area contributed by atoms with Gasteiger partial charge < -0.3 is 25.5 Å². The minimum absolute atomic E-state index is 0.733. The third-order valence-corrected chi connectivity index (χ3v) is 2.75. The molecule has 3 atom stereocenters. The van der Waals surface area contributed by atoms with Crippen LogP contribution in [0.2, 0.25) is 0 Å². The molecule has 0 heterocycles. The molecule has 0 aliphatic heterocycles. The molecular formula is C9H16O7. The molecule has 0 fully saturated rings. The second-order valence-electron chi connectivity index (χ2n) is 3.85. The maximum absolute atomic E-state index is 10.9. The van der Waals surface area contributed by atoms with Crippen molar-refractivity contribution in [1.82, 2.24) is 0 Å². The molecule has 0 aliphatic carbocycles. The highest BCUT2D eigenvalue weighted by Gasteiger charge is 2.45. The van der Waals surface area contributed by atoms with E-state index in [2.05, 4.69) is 0 Å². The Balaban J connectivity index is 5.11. The van der Waals surface area contributed by atoms with Crippen LogP contribution in [0.4, 0.5) is 0 Å². The van der Waals surface area contributed by atoms with Crippen LogP contribution in [0.5, 0.6) is 0 Å². The Morgan fingerprint density at radius 2 is 1.75 bits per heavy atom. The molecule has 94 valence electrons. The molecule has 0 aromatic heterocycles. The SMILES string of the molecule is CC(CO)(C(O)CO)[C@H](CC(=O)O)C(=O)O. The van der Waals surface area contributed by atoms with Crippen molar-refractivity contribution in [3.63, 3.8) is 0 Å². The zero-order valence-electron chi connectivity index (χ0n) is 8.83. The number of aliphatic hydroxyl groups excluding tert-OH is 3. The summed E-state index contributed by atoms with van der Waals surface area (Å²) in [5.74, 6) is -4.26. The number of carboxylic acids is 2. The molecular weight excluding hydrogens is 220 g/mol. The van der Waals surface area contributed by atoms with Gasteiger partial charge in [0.25, 0.3) is 0 Å². The molecule has 0 aromatic rings. The minimum atomic E-state index is -1.60. The predicted octanol–water partition coefficient (Wildman–Crippen LogP) is -1.49. The van der Waals surface area contributed by atoms with Gasteiger partial charge in [-0.3, -0.25) is 9.59 Å². The highest BCUT2D eigenvalue weighted by molar-refractivity contribution is 5.78. The van der Waals surface area contributed by atoms with E-state index in [9.17, 15) is 14.7 Å². The van der Waals surface area contributed by atoms with Gasteiger partial charge in [0.15, 0.2) is 0 Å². The zero-order valence-corrected chi connectivity index (χ0v) is 8.83. The molecule has 0 saturated carbocycles. The second kappa shape index (κ2) is 5.78. The normalized spacial score (nSPS) is 18.5. The van der Waals surface area contributed by atoms with Crippen molar-refractivity contribution >= 4 is 11.9 Å². The molecule has 0 aromatic carbocycles. The maximum atomic E-state index is 10.9. The summed E-state index contributed by atoms with van der Waals surface area (Å²) in [6.07, 6.45) is -2.23. The highest BCUT2D eigenvalue weighted by Crippen LogP contribution is 2.33. The van der Waals surface area contributed by atoms with Gasteiger partial charge in [-0.25, -0.2) is 0 Å². The van der Waals surface area contributed by atoms with Crippen LogP contribution < -0.4 is 0 Å². The number of carboxylic acid groups (broad SMARTS) is 2. The lowest BCUT2D eigenvalue weighted by Gasteiger charge is -2.36. The standard InChI is InChI=1S/C9H16O7/c1-9(4-11,6(12)3-10)5(8(15)16)2-7(13)14/h5-6,10-12H,2-4H2,1H3,(H,13,14)(H,15,16)/t5-,6?,9?/m1/s1. The van der Waals surface area contributed by atoms with E-state index in [1.165, 1.54) is 6.92 Å². The molecule has 0 saturated heterocycles. The van der Waals surface area contributed by atoms with Gasteiger partial charge in [0.1, 0.15) is 0 Å². The van der Waals surface area contributed by atoms with Gasteiger partial charge in [0.05, 0.1) is 31.7 Å². The topological polar surface area (TPSA) is 135 Å². The van der Waals surface area contributed by atoms with Gasteiger partial charge in [-0.1, -0.05) is 6.92 Å². The quantitative estimate of drug-likeness (QED) is 0.363. The summed E-state index contributed by atoms with van der Waals surface area (Å²) < 4.78 is 0. The van der Waals surface area contributed by atoms with Crippen molar-refractivity contribution < 1.29 is 35.1 Å². The molecule has 0 bridgehead atoms. The van der Waals surface area contributed by atoms with Gasteiger partial charge in [0, 0.05) is 5.41 Å². The van der Waals surface area contributed by atoms with Gasteiger partial charge in [-0.15, -0.1) is 0 Å². The molecule has 2 unspecified atom stereocenters. The van der Waals surface area contributed by atoms with Crippen LogP contribution in [0.15, 0.2) is 0 Å². The lowest BCUT2D eigenvalue weighted by Crippen LogP contribution is -2.48. The first-order valence-corrected chi connectivity index (χ1v) is 4.64. The first kappa shape index (κ1) is 14.8. The van der Waals surface area contributed by atoms with Crippen molar-refractivity contribution in [3.05, 3.63) is 0 Å². The third kappa shape index (κ3) is 3.16. The van der Waals surface area contributed by atoms with Crippen LogP contribution in [0.3, 0.4) is 0 Å². The van der Waals surface area contributed by atoms with Crippen LogP contribution in [0.25, 0.3) is 0 Å². The van der Waals surface area contributed by atoms with Gasteiger partial charge in [0.2, 0.25) is 0 Å². The van der Waals surface area contributed by atoms with Crippen molar-refractivity contribution in [3.8, 4) is 0 Å². The Morgan fingerprint density at radius 1 is 1.25 bits per heavy atom. The minimum Gasteiger partial charge on any atom is -0.481 e. The summed E-state index contributed by atoms with van der Waals surface area (Å²) in [5.41, 5.74) is -1.60. The Kier molecular flexibility index (Phi) is 5.36. The molecule has 0 amide bonds. The monoisotopic (exact) mass is 236 g/mol. The lowest BCUT2D eigenvalue weighted by atomic mass is 9.72. The number of hydrogen-bond donors (Lipinski definition) is 5. The van der Waals surface area contributed by atoms with E-state index in [0.717, 1.165) is 0 Å². The summed E-state index contributed by atoms with van der Waals surface area (Å²) in [4.78, 5) is 21.4. The molecule has 0 spiro atoms. The fourth-order valence-electron chi connectivity index (χ4n) is 1.43. The van der Waals surface area contributed by atoms with Crippen molar-refractivity contribution in [1.29, 1.82) is 0 Å². The highest BCUT2D eigenvalue weighted by atomic mass is 16.4. The fraction of sp³-hybridized carbons (Fsp3) is 0.778. The number of aliphatic hydroxyl groups is 3. The maximum Gasteiger partial charge on any atom is 0.307 e. The van der Waals surface area contributed by atoms with Crippen molar-refractivity contribution in [2.24, 2.45) is 11.3 Å². The first-order chi connectivity index (χ1) is 7.29. The van der Waals surface area contributed by atoms with Crippen LogP contribution in [-0.2, 0) is 9.59 Å². The Hall–Kier alpha value is -1.18. The summed E-state index contributed by atoms with van der Waals surface area (Å²) in [6, 6.07) is 0.